The van der Waals surface area contributed by atoms with Crippen LogP contribution >= 0.6 is 11.6 Å². The van der Waals surface area contributed by atoms with Crippen molar-refractivity contribution >= 4 is 34.3 Å². The van der Waals surface area contributed by atoms with Gasteiger partial charge >= 0.3 is 0 Å². The highest BCUT2D eigenvalue weighted by Gasteiger charge is 2.21. The van der Waals surface area contributed by atoms with Gasteiger partial charge in [-0.25, -0.2) is 4.98 Å². The third-order valence-electron chi connectivity index (χ3n) is 6.03. The van der Waals surface area contributed by atoms with Crippen LogP contribution in [0, 0.1) is 0 Å². The predicted molar refractivity (Wildman–Crippen MR) is 145 cm³/mol. The Hall–Kier alpha value is -4.10. The summed E-state index contributed by atoms with van der Waals surface area (Å²) in [6.45, 7) is 2.51. The first-order valence-electron chi connectivity index (χ1n) is 11.9. The second-order valence-corrected chi connectivity index (χ2v) is 8.80. The van der Waals surface area contributed by atoms with E-state index in [1.165, 1.54) is 4.90 Å². The summed E-state index contributed by atoms with van der Waals surface area (Å²) in [5.41, 5.74) is 3.48. The van der Waals surface area contributed by atoms with Crippen LogP contribution in [-0.4, -0.2) is 49.0 Å². The number of aromatic nitrogens is 1. The van der Waals surface area contributed by atoms with E-state index >= 15 is 0 Å². The van der Waals surface area contributed by atoms with Crippen LogP contribution in [0.1, 0.15) is 22.8 Å². The summed E-state index contributed by atoms with van der Waals surface area (Å²) in [4.78, 5) is 32.7. The van der Waals surface area contributed by atoms with Gasteiger partial charge in [0.25, 0.3) is 5.91 Å². The molecule has 0 saturated carbocycles. The molecule has 0 saturated heterocycles. The Morgan fingerprint density at radius 3 is 2.38 bits per heavy atom. The van der Waals surface area contributed by atoms with Gasteiger partial charge in [0.1, 0.15) is 0 Å². The van der Waals surface area contributed by atoms with Gasteiger partial charge in [-0.3, -0.25) is 9.59 Å². The van der Waals surface area contributed by atoms with Crippen molar-refractivity contribution < 1.29 is 19.1 Å². The Kier molecular flexibility index (Phi) is 8.25. The molecule has 3 aromatic carbocycles. The van der Waals surface area contributed by atoms with Crippen molar-refractivity contribution in [1.29, 1.82) is 0 Å². The molecule has 0 radical (unpaired) electrons. The molecule has 0 aliphatic carbocycles. The van der Waals surface area contributed by atoms with Gasteiger partial charge in [0.15, 0.2) is 11.5 Å². The lowest BCUT2D eigenvalue weighted by molar-refractivity contribution is -0.121. The van der Waals surface area contributed by atoms with Gasteiger partial charge in [-0.2, -0.15) is 0 Å². The number of nitrogens with zero attached hydrogens (tertiary/aromatic N) is 2. The number of fused-ring (bicyclic) bond motifs is 1. The summed E-state index contributed by atoms with van der Waals surface area (Å²) >= 11 is 5.93. The van der Waals surface area contributed by atoms with Crippen LogP contribution in [0.5, 0.6) is 11.5 Å². The number of benzene rings is 3. The van der Waals surface area contributed by atoms with E-state index in [1.54, 1.807) is 38.5 Å². The van der Waals surface area contributed by atoms with Gasteiger partial charge in [-0.1, -0.05) is 41.9 Å². The van der Waals surface area contributed by atoms with E-state index in [1.807, 2.05) is 55.5 Å². The van der Waals surface area contributed by atoms with Crippen molar-refractivity contribution in [3.63, 3.8) is 0 Å². The molecule has 1 N–H and O–H groups in total. The van der Waals surface area contributed by atoms with E-state index in [9.17, 15) is 9.59 Å². The molecule has 4 aromatic rings. The summed E-state index contributed by atoms with van der Waals surface area (Å²) in [7, 11) is 3.15. The van der Waals surface area contributed by atoms with Gasteiger partial charge in [-0.05, 0) is 55.0 Å². The van der Waals surface area contributed by atoms with E-state index in [-0.39, 0.29) is 18.4 Å². The molecule has 1 heterocycles. The summed E-state index contributed by atoms with van der Waals surface area (Å²) in [5, 5.41) is 4.23. The topological polar surface area (TPSA) is 80.8 Å². The molecule has 2 amide bonds. The van der Waals surface area contributed by atoms with Crippen LogP contribution in [0.3, 0.4) is 0 Å². The summed E-state index contributed by atoms with van der Waals surface area (Å²) in [6, 6.07) is 22.0. The quantitative estimate of drug-likeness (QED) is 0.323. The zero-order chi connectivity index (χ0) is 26.4. The van der Waals surface area contributed by atoms with E-state index < -0.39 is 0 Å². The zero-order valence-electron chi connectivity index (χ0n) is 21.0. The number of halogens is 1. The molecule has 0 aliphatic heterocycles. The smallest absolute Gasteiger partial charge is 0.255 e. The monoisotopic (exact) mass is 517 g/mol. The minimum absolute atomic E-state index is 0.0642. The minimum Gasteiger partial charge on any atom is -0.493 e. The molecule has 37 heavy (non-hydrogen) atoms. The average molecular weight is 518 g/mol. The Morgan fingerprint density at radius 1 is 0.946 bits per heavy atom. The molecule has 0 unspecified atom stereocenters. The van der Waals surface area contributed by atoms with Gasteiger partial charge in [0.05, 0.1) is 37.5 Å². The molecule has 0 aliphatic rings. The summed E-state index contributed by atoms with van der Waals surface area (Å²) < 4.78 is 10.8. The van der Waals surface area contributed by atoms with Crippen molar-refractivity contribution in [1.82, 2.24) is 15.2 Å². The highest BCUT2D eigenvalue weighted by Crippen LogP contribution is 2.33. The van der Waals surface area contributed by atoms with Crippen LogP contribution in [-0.2, 0) is 11.3 Å². The number of methoxy groups -OCH3 is 2. The fraction of sp³-hybridized carbons (Fsp3) is 0.207. The molecule has 4 rings (SSSR count). The molecule has 0 bridgehead atoms. The molecule has 7 nitrogen and oxygen atoms in total. The molecule has 0 spiro atoms. The number of pyridine rings is 1. The van der Waals surface area contributed by atoms with Crippen LogP contribution in [0.2, 0.25) is 5.02 Å². The number of carbonyl (C=O) groups is 2. The van der Waals surface area contributed by atoms with Crippen molar-refractivity contribution in [3.8, 4) is 22.8 Å². The molecular weight excluding hydrogens is 490 g/mol. The number of para-hydroxylation sites is 1. The average Bonchev–Trinajstić information content (AvgIpc) is 2.94. The third-order valence-corrected chi connectivity index (χ3v) is 6.28. The highest BCUT2D eigenvalue weighted by molar-refractivity contribution is 6.30. The van der Waals surface area contributed by atoms with Gasteiger partial charge in [0, 0.05) is 29.1 Å². The van der Waals surface area contributed by atoms with Crippen molar-refractivity contribution in [3.05, 3.63) is 88.9 Å². The van der Waals surface area contributed by atoms with Gasteiger partial charge < -0.3 is 19.7 Å². The van der Waals surface area contributed by atoms with Crippen molar-refractivity contribution in [2.45, 2.75) is 13.5 Å². The SMILES string of the molecule is CCN(CC(=O)NCc1ccc(Cl)cc1)C(=O)c1cc(-c2ccc(OC)c(OC)c2)nc2ccccc12. The van der Waals surface area contributed by atoms with E-state index in [0.29, 0.717) is 46.4 Å². The number of rotatable bonds is 9. The molecule has 190 valence electrons. The predicted octanol–water partition coefficient (Wildman–Crippen LogP) is 5.35. The zero-order valence-corrected chi connectivity index (χ0v) is 21.7. The first-order chi connectivity index (χ1) is 17.9. The van der Waals surface area contributed by atoms with Gasteiger partial charge in [0.2, 0.25) is 5.91 Å². The first kappa shape index (κ1) is 26.0. The lowest BCUT2D eigenvalue weighted by Crippen LogP contribution is -2.40. The van der Waals surface area contributed by atoms with Crippen LogP contribution in [0.25, 0.3) is 22.2 Å². The standard InChI is InChI=1S/C29H28ClN3O4/c1-4-33(18-28(34)31-17-19-9-12-21(30)13-10-19)29(35)23-16-25(32-24-8-6-5-7-22(23)24)20-11-14-26(36-2)27(15-20)37-3/h5-16H,4,17-18H2,1-3H3,(H,31,34). The molecule has 0 atom stereocenters. The number of hydrogen-bond acceptors (Lipinski definition) is 5. The largest absolute Gasteiger partial charge is 0.493 e. The number of hydrogen-bond donors (Lipinski definition) is 1. The summed E-state index contributed by atoms with van der Waals surface area (Å²) in [5.74, 6) is 0.675. The molecule has 0 fully saturated rings. The number of carbonyl (C=O) groups excluding carboxylic acids is 2. The maximum Gasteiger partial charge on any atom is 0.255 e. The van der Waals surface area contributed by atoms with Gasteiger partial charge in [-0.15, -0.1) is 0 Å². The van der Waals surface area contributed by atoms with Crippen molar-refractivity contribution in [2.75, 3.05) is 27.3 Å². The fourth-order valence-corrected chi connectivity index (χ4v) is 4.15. The Balaban J connectivity index is 1.61. The second-order valence-electron chi connectivity index (χ2n) is 8.36. The molecular formula is C29H28ClN3O4. The number of amides is 2. The Labute approximate surface area is 221 Å². The highest BCUT2D eigenvalue weighted by atomic mass is 35.5. The van der Waals surface area contributed by atoms with E-state index in [2.05, 4.69) is 5.32 Å². The number of ether oxygens (including phenoxy) is 2. The van der Waals surface area contributed by atoms with Crippen LogP contribution in [0.4, 0.5) is 0 Å². The molecule has 8 heteroatoms. The maximum atomic E-state index is 13.7. The normalized spacial score (nSPS) is 10.7. The maximum absolute atomic E-state index is 13.7. The van der Waals surface area contributed by atoms with E-state index in [4.69, 9.17) is 26.1 Å². The molecule has 1 aromatic heterocycles. The minimum atomic E-state index is -0.247. The first-order valence-corrected chi connectivity index (χ1v) is 12.2. The van der Waals surface area contributed by atoms with Crippen molar-refractivity contribution in [2.24, 2.45) is 0 Å². The van der Waals surface area contributed by atoms with E-state index in [0.717, 1.165) is 16.5 Å². The fourth-order valence-electron chi connectivity index (χ4n) is 4.03. The van der Waals surface area contributed by atoms with Crippen LogP contribution < -0.4 is 14.8 Å². The number of likely N-dealkylation sites (N-methyl/N-ethyl adjacent to an activating group) is 1. The van der Waals surface area contributed by atoms with Crippen LogP contribution in [0.15, 0.2) is 72.8 Å². The summed E-state index contributed by atoms with van der Waals surface area (Å²) in [6.07, 6.45) is 0. The third kappa shape index (κ3) is 6.01. The lowest BCUT2D eigenvalue weighted by atomic mass is 10.0. The Morgan fingerprint density at radius 2 is 1.68 bits per heavy atom. The number of nitrogens with one attached hydrogen (secondary N) is 1. The second kappa shape index (κ2) is 11.8. The lowest BCUT2D eigenvalue weighted by Gasteiger charge is -2.22. The Bertz CT molecular complexity index is 1420.